The van der Waals surface area contributed by atoms with Gasteiger partial charge in [0.15, 0.2) is 0 Å². The molecule has 1 amide bonds. The van der Waals surface area contributed by atoms with Crippen molar-refractivity contribution in [2.24, 2.45) is 0 Å². The third-order valence-corrected chi connectivity index (χ3v) is 3.92. The van der Waals surface area contributed by atoms with Gasteiger partial charge in [-0.2, -0.15) is 0 Å². The van der Waals surface area contributed by atoms with Crippen molar-refractivity contribution in [2.75, 3.05) is 12.4 Å². The summed E-state index contributed by atoms with van der Waals surface area (Å²) >= 11 is 0. The molecule has 3 aromatic rings. The lowest BCUT2D eigenvalue weighted by Crippen LogP contribution is -2.23. The van der Waals surface area contributed by atoms with Crippen molar-refractivity contribution in [3.8, 4) is 5.75 Å². The summed E-state index contributed by atoms with van der Waals surface area (Å²) in [5, 5.41) is 5.99. The number of aryl methyl sites for hydroxylation is 1. The highest BCUT2D eigenvalue weighted by Crippen LogP contribution is 2.17. The van der Waals surface area contributed by atoms with Crippen molar-refractivity contribution in [3.05, 3.63) is 77.6 Å². The number of anilines is 2. The molecule has 0 unspecified atom stereocenters. The molecule has 0 spiro atoms. The Hall–Kier alpha value is -3.41. The van der Waals surface area contributed by atoms with Crippen LogP contribution in [0.5, 0.6) is 5.75 Å². The quantitative estimate of drug-likeness (QED) is 0.713. The molecule has 0 bridgehead atoms. The first-order valence-electron chi connectivity index (χ1n) is 8.21. The summed E-state index contributed by atoms with van der Waals surface area (Å²) in [5.41, 5.74) is 3.42. The standard InChI is InChI=1S/C20H20N4O2/c1-14-5-3-4-6-18(14)24-20-22-12-16(13-23-20)19(25)21-11-15-7-9-17(26-2)10-8-15/h3-10,12-13H,11H2,1-2H3,(H,21,25)(H,22,23,24). The van der Waals surface area contributed by atoms with Crippen LogP contribution < -0.4 is 15.4 Å². The van der Waals surface area contributed by atoms with Crippen molar-refractivity contribution in [1.82, 2.24) is 15.3 Å². The number of rotatable bonds is 6. The lowest BCUT2D eigenvalue weighted by molar-refractivity contribution is 0.0950. The number of hydrogen-bond donors (Lipinski definition) is 2. The molecule has 6 heteroatoms. The molecule has 0 saturated heterocycles. The second kappa shape index (κ2) is 8.11. The minimum atomic E-state index is -0.219. The number of ether oxygens (including phenoxy) is 1. The Kier molecular flexibility index (Phi) is 5.43. The molecular formula is C20H20N4O2. The first kappa shape index (κ1) is 17.4. The van der Waals surface area contributed by atoms with Gasteiger partial charge in [-0.25, -0.2) is 9.97 Å². The van der Waals surface area contributed by atoms with Crippen LogP contribution in [-0.4, -0.2) is 23.0 Å². The average Bonchev–Trinajstić information content (AvgIpc) is 2.69. The SMILES string of the molecule is COc1ccc(CNC(=O)c2cnc(Nc3ccccc3C)nc2)cc1. The summed E-state index contributed by atoms with van der Waals surface area (Å²) < 4.78 is 5.12. The predicted octanol–water partition coefficient (Wildman–Crippen LogP) is 3.47. The molecule has 0 radical (unpaired) electrons. The first-order chi connectivity index (χ1) is 12.7. The molecule has 0 aliphatic heterocycles. The molecule has 6 nitrogen and oxygen atoms in total. The Morgan fingerprint density at radius 1 is 1.04 bits per heavy atom. The van der Waals surface area contributed by atoms with E-state index in [0.29, 0.717) is 18.1 Å². The number of nitrogens with one attached hydrogen (secondary N) is 2. The van der Waals surface area contributed by atoms with Gasteiger partial charge in [-0.05, 0) is 36.2 Å². The fourth-order valence-corrected chi connectivity index (χ4v) is 2.37. The van der Waals surface area contributed by atoms with E-state index in [2.05, 4.69) is 20.6 Å². The maximum Gasteiger partial charge on any atom is 0.254 e. The molecule has 0 fully saturated rings. The third kappa shape index (κ3) is 4.36. The van der Waals surface area contributed by atoms with E-state index in [4.69, 9.17) is 4.74 Å². The minimum absolute atomic E-state index is 0.219. The summed E-state index contributed by atoms with van der Waals surface area (Å²) in [5.74, 6) is 1.01. The van der Waals surface area contributed by atoms with Gasteiger partial charge in [0, 0.05) is 24.6 Å². The number of carbonyl (C=O) groups excluding carboxylic acids is 1. The second-order valence-corrected chi connectivity index (χ2v) is 5.77. The summed E-state index contributed by atoms with van der Waals surface area (Å²) in [6.45, 7) is 2.43. The zero-order valence-corrected chi connectivity index (χ0v) is 14.7. The van der Waals surface area contributed by atoms with Gasteiger partial charge in [0.25, 0.3) is 5.91 Å². The van der Waals surface area contributed by atoms with Gasteiger partial charge >= 0.3 is 0 Å². The monoisotopic (exact) mass is 348 g/mol. The van der Waals surface area contributed by atoms with Crippen LogP contribution in [0.25, 0.3) is 0 Å². The topological polar surface area (TPSA) is 76.1 Å². The van der Waals surface area contributed by atoms with Gasteiger partial charge in [-0.15, -0.1) is 0 Å². The molecule has 3 rings (SSSR count). The zero-order valence-electron chi connectivity index (χ0n) is 14.7. The van der Waals surface area contributed by atoms with Crippen molar-refractivity contribution < 1.29 is 9.53 Å². The summed E-state index contributed by atoms with van der Waals surface area (Å²) in [6.07, 6.45) is 3.02. The number of methoxy groups -OCH3 is 1. The van der Waals surface area contributed by atoms with Gasteiger partial charge in [0.2, 0.25) is 5.95 Å². The number of carbonyl (C=O) groups is 1. The van der Waals surface area contributed by atoms with Gasteiger partial charge in [0.05, 0.1) is 12.7 Å². The van der Waals surface area contributed by atoms with Crippen LogP contribution >= 0.6 is 0 Å². The van der Waals surface area contributed by atoms with Crippen LogP contribution in [0.4, 0.5) is 11.6 Å². The fraction of sp³-hybridized carbons (Fsp3) is 0.150. The molecular weight excluding hydrogens is 328 g/mol. The number of para-hydroxylation sites is 1. The van der Waals surface area contributed by atoms with E-state index in [0.717, 1.165) is 22.6 Å². The van der Waals surface area contributed by atoms with E-state index >= 15 is 0 Å². The molecule has 1 aromatic heterocycles. The Labute approximate surface area is 152 Å². The van der Waals surface area contributed by atoms with Crippen molar-refractivity contribution in [2.45, 2.75) is 13.5 Å². The van der Waals surface area contributed by atoms with E-state index in [9.17, 15) is 4.79 Å². The predicted molar refractivity (Wildman–Crippen MR) is 101 cm³/mol. The van der Waals surface area contributed by atoms with Gasteiger partial charge in [0.1, 0.15) is 5.75 Å². The van der Waals surface area contributed by atoms with E-state index in [1.54, 1.807) is 7.11 Å². The van der Waals surface area contributed by atoms with Crippen LogP contribution in [-0.2, 0) is 6.54 Å². The van der Waals surface area contributed by atoms with Gasteiger partial charge < -0.3 is 15.4 Å². The Morgan fingerprint density at radius 2 is 1.73 bits per heavy atom. The smallest absolute Gasteiger partial charge is 0.254 e. The molecule has 0 aliphatic rings. The summed E-state index contributed by atoms with van der Waals surface area (Å²) in [6, 6.07) is 15.4. The molecule has 0 atom stereocenters. The largest absolute Gasteiger partial charge is 0.497 e. The van der Waals surface area contributed by atoms with Crippen molar-refractivity contribution in [1.29, 1.82) is 0 Å². The second-order valence-electron chi connectivity index (χ2n) is 5.77. The van der Waals surface area contributed by atoms with E-state index in [-0.39, 0.29) is 5.91 Å². The van der Waals surface area contributed by atoms with Crippen LogP contribution in [0.2, 0.25) is 0 Å². The molecule has 0 saturated carbocycles. The van der Waals surface area contributed by atoms with E-state index in [1.807, 2.05) is 55.5 Å². The first-order valence-corrected chi connectivity index (χ1v) is 8.21. The zero-order chi connectivity index (χ0) is 18.4. The Morgan fingerprint density at radius 3 is 2.38 bits per heavy atom. The van der Waals surface area contributed by atoms with E-state index in [1.165, 1.54) is 12.4 Å². The highest BCUT2D eigenvalue weighted by molar-refractivity contribution is 5.93. The molecule has 1 heterocycles. The summed E-state index contributed by atoms with van der Waals surface area (Å²) in [7, 11) is 1.62. The van der Waals surface area contributed by atoms with Crippen molar-refractivity contribution in [3.63, 3.8) is 0 Å². The number of amides is 1. The lowest BCUT2D eigenvalue weighted by Gasteiger charge is -2.09. The molecule has 26 heavy (non-hydrogen) atoms. The maximum atomic E-state index is 12.2. The van der Waals surface area contributed by atoms with Gasteiger partial charge in [-0.3, -0.25) is 4.79 Å². The molecule has 2 N–H and O–H groups in total. The van der Waals surface area contributed by atoms with Crippen molar-refractivity contribution >= 4 is 17.5 Å². The molecule has 132 valence electrons. The Bertz CT molecular complexity index is 877. The van der Waals surface area contributed by atoms with Crippen LogP contribution in [0.15, 0.2) is 60.9 Å². The summed E-state index contributed by atoms with van der Waals surface area (Å²) in [4.78, 5) is 20.7. The van der Waals surface area contributed by atoms with Crippen LogP contribution in [0.1, 0.15) is 21.5 Å². The van der Waals surface area contributed by atoms with Gasteiger partial charge in [-0.1, -0.05) is 30.3 Å². The normalized spacial score (nSPS) is 10.2. The highest BCUT2D eigenvalue weighted by atomic mass is 16.5. The number of nitrogens with zero attached hydrogens (tertiary/aromatic N) is 2. The van der Waals surface area contributed by atoms with E-state index < -0.39 is 0 Å². The number of hydrogen-bond acceptors (Lipinski definition) is 5. The third-order valence-electron chi connectivity index (χ3n) is 3.92. The number of aromatic nitrogens is 2. The van der Waals surface area contributed by atoms with Crippen LogP contribution in [0, 0.1) is 6.92 Å². The fourth-order valence-electron chi connectivity index (χ4n) is 2.37. The average molecular weight is 348 g/mol. The number of benzene rings is 2. The van der Waals surface area contributed by atoms with Crippen LogP contribution in [0.3, 0.4) is 0 Å². The minimum Gasteiger partial charge on any atom is -0.497 e. The lowest BCUT2D eigenvalue weighted by atomic mass is 10.2. The highest BCUT2D eigenvalue weighted by Gasteiger charge is 2.08. The maximum absolute atomic E-state index is 12.2. The Balaban J connectivity index is 1.58. The molecule has 0 aliphatic carbocycles. The molecule has 2 aromatic carbocycles.